The lowest BCUT2D eigenvalue weighted by Crippen LogP contribution is -2.48. The van der Waals surface area contributed by atoms with Crippen molar-refractivity contribution in [1.29, 1.82) is 0 Å². The maximum absolute atomic E-state index is 12.8. The standard InChI is InChI=1S/C21H36N2O2/c1-22-13-19(15-25-14-17-7-8-17)21(16-22)9-11-23(12-10-21)20(24)18-5-3-2-4-6-18/h17-19H,2-16H2,1H3/t19-/m0/s1. The van der Waals surface area contributed by atoms with Crippen LogP contribution in [0.1, 0.15) is 57.8 Å². The predicted octanol–water partition coefficient (Wildman–Crippen LogP) is 3.16. The second-order valence-electron chi connectivity index (χ2n) is 9.40. The topological polar surface area (TPSA) is 32.8 Å². The zero-order valence-electron chi connectivity index (χ0n) is 16.0. The van der Waals surface area contributed by atoms with E-state index in [-0.39, 0.29) is 0 Å². The molecule has 4 heteroatoms. The summed E-state index contributed by atoms with van der Waals surface area (Å²) in [7, 11) is 2.25. The smallest absolute Gasteiger partial charge is 0.225 e. The molecule has 0 aromatic heterocycles. The van der Waals surface area contributed by atoms with Crippen LogP contribution in [-0.4, -0.2) is 62.1 Å². The van der Waals surface area contributed by atoms with Gasteiger partial charge in [0, 0.05) is 44.6 Å². The maximum Gasteiger partial charge on any atom is 0.225 e. The second-order valence-corrected chi connectivity index (χ2v) is 9.40. The molecular weight excluding hydrogens is 312 g/mol. The lowest BCUT2D eigenvalue weighted by molar-refractivity contribution is -0.139. The molecule has 142 valence electrons. The van der Waals surface area contributed by atoms with E-state index < -0.39 is 0 Å². The zero-order chi connectivity index (χ0) is 17.3. The Labute approximate surface area is 153 Å². The van der Waals surface area contributed by atoms with Crippen LogP contribution in [0.2, 0.25) is 0 Å². The number of likely N-dealkylation sites (tertiary alicyclic amines) is 2. The van der Waals surface area contributed by atoms with E-state index in [0.717, 1.165) is 45.1 Å². The first-order valence-corrected chi connectivity index (χ1v) is 10.7. The molecule has 0 aromatic carbocycles. The summed E-state index contributed by atoms with van der Waals surface area (Å²) in [6.07, 6.45) is 11.2. The van der Waals surface area contributed by atoms with Crippen molar-refractivity contribution in [2.24, 2.45) is 23.2 Å². The van der Waals surface area contributed by atoms with E-state index in [1.807, 2.05) is 0 Å². The van der Waals surface area contributed by atoms with Crippen LogP contribution in [0, 0.1) is 23.2 Å². The molecule has 1 atom stereocenters. The van der Waals surface area contributed by atoms with E-state index in [2.05, 4.69) is 16.8 Å². The molecule has 4 nitrogen and oxygen atoms in total. The van der Waals surface area contributed by atoms with Crippen LogP contribution in [0.4, 0.5) is 0 Å². The summed E-state index contributed by atoms with van der Waals surface area (Å²) in [4.78, 5) is 17.5. The Balaban J connectivity index is 1.30. The van der Waals surface area contributed by atoms with Crippen molar-refractivity contribution in [2.45, 2.75) is 57.8 Å². The fourth-order valence-electron chi connectivity index (χ4n) is 5.54. The minimum atomic E-state index is 0.326. The number of ether oxygens (including phenoxy) is 1. The lowest BCUT2D eigenvalue weighted by Gasteiger charge is -2.43. The highest BCUT2D eigenvalue weighted by molar-refractivity contribution is 5.79. The average Bonchev–Trinajstić information content (AvgIpc) is 3.41. The highest BCUT2D eigenvalue weighted by atomic mass is 16.5. The monoisotopic (exact) mass is 348 g/mol. The van der Waals surface area contributed by atoms with Gasteiger partial charge in [0.25, 0.3) is 0 Å². The van der Waals surface area contributed by atoms with E-state index in [1.54, 1.807) is 0 Å². The molecule has 2 saturated heterocycles. The Bertz CT molecular complexity index is 463. The van der Waals surface area contributed by atoms with Gasteiger partial charge in [0.2, 0.25) is 5.91 Å². The van der Waals surface area contributed by atoms with Crippen LogP contribution in [0.25, 0.3) is 0 Å². The Morgan fingerprint density at radius 2 is 1.76 bits per heavy atom. The third-order valence-electron chi connectivity index (χ3n) is 7.38. The van der Waals surface area contributed by atoms with E-state index in [4.69, 9.17) is 4.74 Å². The Morgan fingerprint density at radius 3 is 2.44 bits per heavy atom. The van der Waals surface area contributed by atoms with Crippen LogP contribution in [0.3, 0.4) is 0 Å². The zero-order valence-corrected chi connectivity index (χ0v) is 16.0. The normalized spacial score (nSPS) is 30.9. The first kappa shape index (κ1) is 17.8. The summed E-state index contributed by atoms with van der Waals surface area (Å²) < 4.78 is 6.08. The van der Waals surface area contributed by atoms with Gasteiger partial charge in [0.1, 0.15) is 0 Å². The van der Waals surface area contributed by atoms with Crippen molar-refractivity contribution >= 4 is 5.91 Å². The fourth-order valence-corrected chi connectivity index (χ4v) is 5.54. The summed E-state index contributed by atoms with van der Waals surface area (Å²) in [5.41, 5.74) is 0.391. The molecule has 1 spiro atoms. The van der Waals surface area contributed by atoms with E-state index in [9.17, 15) is 4.79 Å². The molecule has 0 radical (unpaired) electrons. The van der Waals surface area contributed by atoms with Crippen LogP contribution < -0.4 is 0 Å². The van der Waals surface area contributed by atoms with Gasteiger partial charge in [-0.2, -0.15) is 0 Å². The molecule has 2 aliphatic carbocycles. The summed E-state index contributed by atoms with van der Waals surface area (Å²) in [6.45, 7) is 6.21. The average molecular weight is 349 g/mol. The van der Waals surface area contributed by atoms with Gasteiger partial charge in [0.05, 0.1) is 6.61 Å². The molecule has 4 fully saturated rings. The Kier molecular flexibility index (Phi) is 5.38. The maximum atomic E-state index is 12.8. The summed E-state index contributed by atoms with van der Waals surface area (Å²) in [5.74, 6) is 2.29. The van der Waals surface area contributed by atoms with Gasteiger partial charge in [-0.15, -0.1) is 0 Å². The molecule has 25 heavy (non-hydrogen) atoms. The van der Waals surface area contributed by atoms with Gasteiger partial charge in [-0.05, 0) is 56.9 Å². The third kappa shape index (κ3) is 4.05. The van der Waals surface area contributed by atoms with Crippen LogP contribution >= 0.6 is 0 Å². The van der Waals surface area contributed by atoms with Crippen molar-refractivity contribution in [3.05, 3.63) is 0 Å². The van der Waals surface area contributed by atoms with E-state index >= 15 is 0 Å². The number of hydrogen-bond acceptors (Lipinski definition) is 3. The quantitative estimate of drug-likeness (QED) is 0.765. The van der Waals surface area contributed by atoms with Crippen molar-refractivity contribution in [3.8, 4) is 0 Å². The molecule has 2 heterocycles. The van der Waals surface area contributed by atoms with Crippen molar-refractivity contribution in [1.82, 2.24) is 9.80 Å². The van der Waals surface area contributed by atoms with Crippen molar-refractivity contribution in [3.63, 3.8) is 0 Å². The first-order valence-electron chi connectivity index (χ1n) is 10.7. The molecule has 0 aromatic rings. The number of rotatable bonds is 5. The third-order valence-corrected chi connectivity index (χ3v) is 7.38. The number of carbonyl (C=O) groups excluding carboxylic acids is 1. The SMILES string of the molecule is CN1C[C@@H](COCC2CC2)C2(CCN(C(=O)C3CCCCC3)CC2)C1. The molecule has 4 rings (SSSR count). The van der Waals surface area contributed by atoms with Crippen LogP contribution in [0.5, 0.6) is 0 Å². The lowest BCUT2D eigenvalue weighted by atomic mass is 9.71. The molecule has 0 bridgehead atoms. The Morgan fingerprint density at radius 1 is 1.04 bits per heavy atom. The largest absolute Gasteiger partial charge is 0.381 e. The number of nitrogens with zero attached hydrogens (tertiary/aromatic N) is 2. The van der Waals surface area contributed by atoms with Crippen LogP contribution in [-0.2, 0) is 9.53 Å². The van der Waals surface area contributed by atoms with Gasteiger partial charge in [0.15, 0.2) is 0 Å². The molecule has 0 N–H and O–H groups in total. The highest BCUT2D eigenvalue weighted by Gasteiger charge is 2.47. The minimum absolute atomic E-state index is 0.326. The van der Waals surface area contributed by atoms with Gasteiger partial charge in [-0.3, -0.25) is 4.79 Å². The van der Waals surface area contributed by atoms with Crippen molar-refractivity contribution in [2.75, 3.05) is 46.4 Å². The number of piperidine rings is 1. The fraction of sp³-hybridized carbons (Fsp3) is 0.952. The molecular formula is C21H36N2O2. The number of carbonyl (C=O) groups is 1. The van der Waals surface area contributed by atoms with E-state index in [1.165, 1.54) is 58.0 Å². The molecule has 2 saturated carbocycles. The minimum Gasteiger partial charge on any atom is -0.381 e. The van der Waals surface area contributed by atoms with Gasteiger partial charge in [-0.25, -0.2) is 0 Å². The highest BCUT2D eigenvalue weighted by Crippen LogP contribution is 2.45. The molecule has 0 unspecified atom stereocenters. The Hall–Kier alpha value is -0.610. The molecule has 2 aliphatic heterocycles. The number of amides is 1. The molecule has 1 amide bonds. The summed E-state index contributed by atoms with van der Waals surface area (Å²) in [5, 5.41) is 0. The summed E-state index contributed by atoms with van der Waals surface area (Å²) >= 11 is 0. The van der Waals surface area contributed by atoms with Gasteiger partial charge < -0.3 is 14.5 Å². The van der Waals surface area contributed by atoms with Gasteiger partial charge >= 0.3 is 0 Å². The first-order chi connectivity index (χ1) is 12.2. The van der Waals surface area contributed by atoms with Crippen LogP contribution in [0.15, 0.2) is 0 Å². The summed E-state index contributed by atoms with van der Waals surface area (Å²) in [6, 6.07) is 0. The van der Waals surface area contributed by atoms with Crippen molar-refractivity contribution < 1.29 is 9.53 Å². The van der Waals surface area contributed by atoms with Gasteiger partial charge in [-0.1, -0.05) is 19.3 Å². The molecule has 4 aliphatic rings. The van der Waals surface area contributed by atoms with E-state index in [0.29, 0.717) is 23.2 Å². The number of hydrogen-bond donors (Lipinski definition) is 0. The predicted molar refractivity (Wildman–Crippen MR) is 99.4 cm³/mol. The second kappa shape index (κ2) is 7.56.